The zero-order valence-corrected chi connectivity index (χ0v) is 18.2. The highest BCUT2D eigenvalue weighted by molar-refractivity contribution is 5.92. The standard InChI is InChI=1S/C27H24FN3O2/c1-31-18-17-29-27(31)26(23-9-5-6-10-24(23)28)30-25(32)16-13-20-11-14-22(15-12-20)33-19-21-7-3-2-4-8-21/h2-18,26H,19H2,1H3,(H,30,32)/b16-13+. The Kier molecular flexibility index (Phi) is 6.95. The highest BCUT2D eigenvalue weighted by Crippen LogP contribution is 2.23. The van der Waals surface area contributed by atoms with Gasteiger partial charge >= 0.3 is 0 Å². The summed E-state index contributed by atoms with van der Waals surface area (Å²) in [6.07, 6.45) is 6.50. The first-order chi connectivity index (χ1) is 16.1. The zero-order valence-electron chi connectivity index (χ0n) is 18.2. The largest absolute Gasteiger partial charge is 0.489 e. The predicted molar refractivity (Wildman–Crippen MR) is 126 cm³/mol. The van der Waals surface area contributed by atoms with Gasteiger partial charge in [0.15, 0.2) is 0 Å². The van der Waals surface area contributed by atoms with E-state index in [1.54, 1.807) is 48.3 Å². The van der Waals surface area contributed by atoms with Gasteiger partial charge < -0.3 is 14.6 Å². The quantitative estimate of drug-likeness (QED) is 0.389. The number of benzene rings is 3. The summed E-state index contributed by atoms with van der Waals surface area (Å²) < 4.78 is 22.0. The highest BCUT2D eigenvalue weighted by Gasteiger charge is 2.22. The molecule has 4 aromatic rings. The number of nitrogens with zero attached hydrogens (tertiary/aromatic N) is 2. The number of hydrogen-bond acceptors (Lipinski definition) is 3. The number of amides is 1. The Morgan fingerprint density at radius 1 is 1.06 bits per heavy atom. The summed E-state index contributed by atoms with van der Waals surface area (Å²) in [5.74, 6) is 0.535. The minimum absolute atomic E-state index is 0.351. The van der Waals surface area contributed by atoms with E-state index in [-0.39, 0.29) is 5.91 Å². The maximum Gasteiger partial charge on any atom is 0.244 e. The fraction of sp³-hybridized carbons (Fsp3) is 0.111. The van der Waals surface area contributed by atoms with E-state index in [1.807, 2.05) is 54.6 Å². The molecule has 1 heterocycles. The van der Waals surface area contributed by atoms with E-state index in [9.17, 15) is 9.18 Å². The van der Waals surface area contributed by atoms with Gasteiger partial charge in [-0.05, 0) is 35.4 Å². The molecule has 0 saturated carbocycles. The van der Waals surface area contributed by atoms with Crippen LogP contribution < -0.4 is 10.1 Å². The first-order valence-electron chi connectivity index (χ1n) is 10.6. The molecule has 1 amide bonds. The SMILES string of the molecule is Cn1ccnc1C(NC(=O)/C=C/c1ccc(OCc2ccccc2)cc1)c1ccccc1F. The van der Waals surface area contributed by atoms with Crippen LogP contribution in [0.25, 0.3) is 6.08 Å². The fourth-order valence-corrected chi connectivity index (χ4v) is 3.42. The summed E-state index contributed by atoms with van der Waals surface area (Å²) in [4.78, 5) is 17.0. The van der Waals surface area contributed by atoms with Gasteiger partial charge in [-0.25, -0.2) is 9.37 Å². The second kappa shape index (κ2) is 10.4. The molecule has 0 radical (unpaired) electrons. The van der Waals surface area contributed by atoms with Crippen LogP contribution in [-0.4, -0.2) is 15.5 Å². The number of imidazole rings is 1. The van der Waals surface area contributed by atoms with Crippen molar-refractivity contribution in [3.05, 3.63) is 126 Å². The lowest BCUT2D eigenvalue weighted by atomic mass is 10.1. The molecule has 6 heteroatoms. The number of aryl methyl sites for hydroxylation is 1. The van der Waals surface area contributed by atoms with Crippen molar-refractivity contribution in [2.24, 2.45) is 7.05 Å². The molecule has 0 aliphatic carbocycles. The van der Waals surface area contributed by atoms with Crippen molar-refractivity contribution in [1.82, 2.24) is 14.9 Å². The second-order valence-corrected chi connectivity index (χ2v) is 7.54. The molecule has 166 valence electrons. The Morgan fingerprint density at radius 3 is 2.48 bits per heavy atom. The van der Waals surface area contributed by atoms with Crippen molar-refractivity contribution in [2.45, 2.75) is 12.6 Å². The fourth-order valence-electron chi connectivity index (χ4n) is 3.42. The van der Waals surface area contributed by atoms with E-state index in [0.29, 0.717) is 18.0 Å². The maximum atomic E-state index is 14.5. The van der Waals surface area contributed by atoms with E-state index < -0.39 is 11.9 Å². The molecule has 33 heavy (non-hydrogen) atoms. The molecule has 0 saturated heterocycles. The Bertz CT molecular complexity index is 1230. The average molecular weight is 442 g/mol. The number of carbonyl (C=O) groups excluding carboxylic acids is 1. The number of rotatable bonds is 8. The summed E-state index contributed by atoms with van der Waals surface area (Å²) in [7, 11) is 1.81. The lowest BCUT2D eigenvalue weighted by molar-refractivity contribution is -0.117. The zero-order chi connectivity index (χ0) is 23.0. The summed E-state index contributed by atoms with van der Waals surface area (Å²) >= 11 is 0. The molecule has 1 N–H and O–H groups in total. The van der Waals surface area contributed by atoms with Crippen LogP contribution in [0.2, 0.25) is 0 Å². The Balaban J connectivity index is 1.41. The third-order valence-electron chi connectivity index (χ3n) is 5.18. The molecule has 0 aliphatic heterocycles. The number of nitrogens with one attached hydrogen (secondary N) is 1. The van der Waals surface area contributed by atoms with E-state index >= 15 is 0 Å². The lowest BCUT2D eigenvalue weighted by Gasteiger charge is -2.18. The average Bonchev–Trinajstić information content (AvgIpc) is 3.27. The van der Waals surface area contributed by atoms with E-state index in [0.717, 1.165) is 16.9 Å². The normalized spacial score (nSPS) is 11.9. The van der Waals surface area contributed by atoms with Crippen LogP contribution in [0.5, 0.6) is 5.75 Å². The van der Waals surface area contributed by atoms with E-state index in [4.69, 9.17) is 4.74 Å². The van der Waals surface area contributed by atoms with Gasteiger partial charge in [0.25, 0.3) is 0 Å². The van der Waals surface area contributed by atoms with Crippen LogP contribution >= 0.6 is 0 Å². The molecule has 1 unspecified atom stereocenters. The van der Waals surface area contributed by atoms with Crippen LogP contribution in [-0.2, 0) is 18.4 Å². The second-order valence-electron chi connectivity index (χ2n) is 7.54. The lowest BCUT2D eigenvalue weighted by Crippen LogP contribution is -2.30. The molecule has 5 nitrogen and oxygen atoms in total. The van der Waals surface area contributed by atoms with Crippen molar-refractivity contribution >= 4 is 12.0 Å². The molecule has 0 bridgehead atoms. The van der Waals surface area contributed by atoms with Crippen LogP contribution in [0.1, 0.15) is 28.6 Å². The van der Waals surface area contributed by atoms with Crippen LogP contribution in [0.3, 0.4) is 0 Å². The predicted octanol–water partition coefficient (Wildman–Crippen LogP) is 5.06. The van der Waals surface area contributed by atoms with Crippen LogP contribution in [0.15, 0.2) is 97.3 Å². The molecule has 0 aliphatic rings. The minimum atomic E-state index is -0.711. The maximum absolute atomic E-state index is 14.5. The summed E-state index contributed by atoms with van der Waals surface area (Å²) in [6, 6.07) is 23.0. The number of ether oxygens (including phenoxy) is 1. The van der Waals surface area contributed by atoms with Crippen LogP contribution in [0, 0.1) is 5.82 Å². The van der Waals surface area contributed by atoms with Gasteiger partial charge in [-0.2, -0.15) is 0 Å². The van der Waals surface area contributed by atoms with E-state index in [1.165, 1.54) is 12.1 Å². The Morgan fingerprint density at radius 2 is 1.79 bits per heavy atom. The van der Waals surface area contributed by atoms with Gasteiger partial charge in [-0.15, -0.1) is 0 Å². The Labute approximate surface area is 192 Å². The van der Waals surface area contributed by atoms with Gasteiger partial charge in [-0.3, -0.25) is 4.79 Å². The number of halogens is 1. The molecule has 1 atom stereocenters. The summed E-state index contributed by atoms with van der Waals surface area (Å²) in [6.45, 7) is 0.489. The third kappa shape index (κ3) is 5.74. The van der Waals surface area contributed by atoms with Crippen molar-refractivity contribution in [3.63, 3.8) is 0 Å². The third-order valence-corrected chi connectivity index (χ3v) is 5.18. The summed E-state index contributed by atoms with van der Waals surface area (Å²) in [5.41, 5.74) is 2.29. The van der Waals surface area contributed by atoms with Gasteiger partial charge in [-0.1, -0.05) is 60.7 Å². The van der Waals surface area contributed by atoms with Crippen molar-refractivity contribution in [1.29, 1.82) is 0 Å². The molecule has 0 spiro atoms. The molecule has 1 aromatic heterocycles. The smallest absolute Gasteiger partial charge is 0.244 e. The number of carbonyl (C=O) groups is 1. The first-order valence-corrected chi connectivity index (χ1v) is 10.6. The molecular formula is C27H24FN3O2. The van der Waals surface area contributed by atoms with Crippen molar-refractivity contribution in [2.75, 3.05) is 0 Å². The molecule has 3 aromatic carbocycles. The van der Waals surface area contributed by atoms with Crippen LogP contribution in [0.4, 0.5) is 4.39 Å². The molecular weight excluding hydrogens is 417 g/mol. The highest BCUT2D eigenvalue weighted by atomic mass is 19.1. The van der Waals surface area contributed by atoms with Gasteiger partial charge in [0.1, 0.15) is 30.0 Å². The number of aromatic nitrogens is 2. The van der Waals surface area contributed by atoms with Gasteiger partial charge in [0.05, 0.1) is 0 Å². The monoisotopic (exact) mass is 441 g/mol. The topological polar surface area (TPSA) is 56.2 Å². The number of hydrogen-bond donors (Lipinski definition) is 1. The van der Waals surface area contributed by atoms with Gasteiger partial charge in [0, 0.05) is 31.1 Å². The summed E-state index contributed by atoms with van der Waals surface area (Å²) in [5, 5.41) is 2.86. The molecule has 0 fully saturated rings. The first kappa shape index (κ1) is 22.0. The molecule has 4 rings (SSSR count). The van der Waals surface area contributed by atoms with Crippen molar-refractivity contribution in [3.8, 4) is 5.75 Å². The van der Waals surface area contributed by atoms with E-state index in [2.05, 4.69) is 10.3 Å². The van der Waals surface area contributed by atoms with Gasteiger partial charge in [0.2, 0.25) is 5.91 Å². The Hall–Kier alpha value is -4.19. The van der Waals surface area contributed by atoms with Crippen molar-refractivity contribution < 1.29 is 13.9 Å². The minimum Gasteiger partial charge on any atom is -0.489 e.